The van der Waals surface area contributed by atoms with Crippen molar-refractivity contribution in [1.82, 2.24) is 5.43 Å². The van der Waals surface area contributed by atoms with E-state index in [1.807, 2.05) is 0 Å². The fourth-order valence-corrected chi connectivity index (χ4v) is 2.78. The van der Waals surface area contributed by atoms with E-state index in [1.165, 1.54) is 44.6 Å². The van der Waals surface area contributed by atoms with Gasteiger partial charge in [0, 0.05) is 12.5 Å². The number of hydrogen-bond donors (Lipinski definition) is 2. The summed E-state index contributed by atoms with van der Waals surface area (Å²) in [5.74, 6) is -0.0741. The SMILES string of the molecule is CCCCCCCCCCCC(=O)NN=C(C)c1c(O)cc(C)oc1=O. The highest BCUT2D eigenvalue weighted by Gasteiger charge is 2.13. The molecule has 0 aliphatic carbocycles. The molecule has 0 aromatic carbocycles. The van der Waals surface area contributed by atoms with Gasteiger partial charge >= 0.3 is 5.63 Å². The third-order valence-corrected chi connectivity index (χ3v) is 4.27. The Labute approximate surface area is 155 Å². The lowest BCUT2D eigenvalue weighted by atomic mass is 10.1. The monoisotopic (exact) mass is 364 g/mol. The first-order chi connectivity index (χ1) is 12.5. The molecule has 0 aliphatic heterocycles. The average Bonchev–Trinajstić information content (AvgIpc) is 2.57. The third-order valence-electron chi connectivity index (χ3n) is 4.27. The minimum Gasteiger partial charge on any atom is -0.507 e. The van der Waals surface area contributed by atoms with Crippen molar-refractivity contribution < 1.29 is 14.3 Å². The predicted molar refractivity (Wildman–Crippen MR) is 104 cm³/mol. The van der Waals surface area contributed by atoms with E-state index in [0.717, 1.165) is 19.3 Å². The molecule has 0 fully saturated rings. The summed E-state index contributed by atoms with van der Waals surface area (Å²) in [5.41, 5.74) is 1.95. The number of hydrogen-bond acceptors (Lipinski definition) is 5. The van der Waals surface area contributed by atoms with Gasteiger partial charge in [0.15, 0.2) is 0 Å². The lowest BCUT2D eigenvalue weighted by Crippen LogP contribution is -2.21. The van der Waals surface area contributed by atoms with Crippen LogP contribution in [-0.2, 0) is 4.79 Å². The van der Waals surface area contributed by atoms with E-state index in [2.05, 4.69) is 17.5 Å². The number of aromatic hydroxyl groups is 1. The Morgan fingerprint density at radius 1 is 1.12 bits per heavy atom. The summed E-state index contributed by atoms with van der Waals surface area (Å²) in [6.07, 6.45) is 11.1. The molecule has 0 bridgehead atoms. The van der Waals surface area contributed by atoms with Crippen LogP contribution < -0.4 is 11.1 Å². The van der Waals surface area contributed by atoms with Crippen molar-refractivity contribution >= 4 is 11.6 Å². The summed E-state index contributed by atoms with van der Waals surface area (Å²) in [5, 5.41) is 13.7. The predicted octanol–water partition coefficient (Wildman–Crippen LogP) is 4.41. The first kappa shape index (κ1) is 21.9. The Morgan fingerprint density at radius 2 is 1.69 bits per heavy atom. The Hall–Kier alpha value is -2.11. The molecule has 26 heavy (non-hydrogen) atoms. The minimum atomic E-state index is -0.670. The van der Waals surface area contributed by atoms with Gasteiger partial charge in [0.1, 0.15) is 17.1 Å². The molecule has 0 unspecified atom stereocenters. The van der Waals surface area contributed by atoms with Crippen LogP contribution in [0.1, 0.15) is 89.4 Å². The van der Waals surface area contributed by atoms with Crippen LogP contribution in [0, 0.1) is 6.92 Å². The van der Waals surface area contributed by atoms with Crippen molar-refractivity contribution in [2.45, 2.75) is 85.0 Å². The summed E-state index contributed by atoms with van der Waals surface area (Å²) in [4.78, 5) is 23.6. The molecular formula is C20H32N2O4. The van der Waals surface area contributed by atoms with Crippen molar-refractivity contribution in [2.24, 2.45) is 5.10 Å². The van der Waals surface area contributed by atoms with Crippen LogP contribution in [-0.4, -0.2) is 16.7 Å². The van der Waals surface area contributed by atoms with E-state index in [4.69, 9.17) is 4.42 Å². The van der Waals surface area contributed by atoms with Crippen LogP contribution in [0.4, 0.5) is 0 Å². The molecule has 1 amide bonds. The second-order valence-corrected chi connectivity index (χ2v) is 6.72. The van der Waals surface area contributed by atoms with Crippen molar-refractivity contribution in [1.29, 1.82) is 0 Å². The summed E-state index contributed by atoms with van der Waals surface area (Å²) in [6, 6.07) is 1.35. The smallest absolute Gasteiger partial charge is 0.348 e. The van der Waals surface area contributed by atoms with E-state index in [0.29, 0.717) is 12.2 Å². The highest BCUT2D eigenvalue weighted by Crippen LogP contribution is 2.15. The second-order valence-electron chi connectivity index (χ2n) is 6.72. The number of carbonyl (C=O) groups is 1. The Bertz CT molecular complexity index is 650. The van der Waals surface area contributed by atoms with E-state index >= 15 is 0 Å². The third kappa shape index (κ3) is 8.32. The number of nitrogens with zero attached hydrogens (tertiary/aromatic N) is 1. The van der Waals surface area contributed by atoms with Gasteiger partial charge in [-0.05, 0) is 20.3 Å². The van der Waals surface area contributed by atoms with Crippen molar-refractivity contribution in [3.05, 3.63) is 27.8 Å². The summed E-state index contributed by atoms with van der Waals surface area (Å²) in [7, 11) is 0. The summed E-state index contributed by atoms with van der Waals surface area (Å²) >= 11 is 0. The highest BCUT2D eigenvalue weighted by molar-refractivity contribution is 6.01. The van der Waals surface area contributed by atoms with E-state index in [-0.39, 0.29) is 22.9 Å². The first-order valence-electron chi connectivity index (χ1n) is 9.63. The number of carbonyl (C=O) groups excluding carboxylic acids is 1. The van der Waals surface area contributed by atoms with E-state index in [9.17, 15) is 14.7 Å². The van der Waals surface area contributed by atoms with Gasteiger partial charge in [0.25, 0.3) is 0 Å². The van der Waals surface area contributed by atoms with Crippen LogP contribution in [0.2, 0.25) is 0 Å². The molecule has 1 aromatic rings. The first-order valence-corrected chi connectivity index (χ1v) is 9.63. The number of unbranched alkanes of at least 4 members (excludes halogenated alkanes) is 8. The maximum absolute atomic E-state index is 11.8. The molecule has 0 aliphatic rings. The number of rotatable bonds is 12. The van der Waals surface area contributed by atoms with E-state index in [1.54, 1.807) is 13.8 Å². The molecule has 0 saturated carbocycles. The van der Waals surface area contributed by atoms with Gasteiger partial charge in [-0.25, -0.2) is 10.2 Å². The molecule has 2 N–H and O–H groups in total. The van der Waals surface area contributed by atoms with Gasteiger partial charge in [-0.3, -0.25) is 4.79 Å². The Kier molecular flexibility index (Phi) is 10.4. The zero-order valence-electron chi connectivity index (χ0n) is 16.3. The molecule has 0 saturated heterocycles. The van der Waals surface area contributed by atoms with Gasteiger partial charge < -0.3 is 9.52 Å². The van der Waals surface area contributed by atoms with Gasteiger partial charge in [-0.1, -0.05) is 58.3 Å². The fourth-order valence-electron chi connectivity index (χ4n) is 2.78. The molecule has 1 heterocycles. The number of amides is 1. The number of aryl methyl sites for hydroxylation is 1. The summed E-state index contributed by atoms with van der Waals surface area (Å²) in [6.45, 7) is 5.33. The van der Waals surface area contributed by atoms with Crippen LogP contribution in [0.15, 0.2) is 20.4 Å². The average molecular weight is 364 g/mol. The fraction of sp³-hybridized carbons (Fsp3) is 0.650. The van der Waals surface area contributed by atoms with Crippen molar-refractivity contribution in [3.63, 3.8) is 0 Å². The molecule has 1 rings (SSSR count). The Morgan fingerprint density at radius 3 is 2.27 bits per heavy atom. The summed E-state index contributed by atoms with van der Waals surface area (Å²) < 4.78 is 4.94. The molecule has 0 radical (unpaired) electrons. The van der Waals surface area contributed by atoms with E-state index < -0.39 is 5.63 Å². The molecule has 146 valence electrons. The zero-order chi connectivity index (χ0) is 19.4. The second kappa shape index (κ2) is 12.3. The van der Waals surface area contributed by atoms with Crippen molar-refractivity contribution in [2.75, 3.05) is 0 Å². The molecule has 1 aromatic heterocycles. The topological polar surface area (TPSA) is 91.9 Å². The number of nitrogens with one attached hydrogen (secondary N) is 1. The minimum absolute atomic E-state index is 0.0287. The van der Waals surface area contributed by atoms with Crippen LogP contribution in [0.3, 0.4) is 0 Å². The van der Waals surface area contributed by atoms with Crippen LogP contribution in [0.5, 0.6) is 5.75 Å². The van der Waals surface area contributed by atoms with Gasteiger partial charge in [-0.2, -0.15) is 5.10 Å². The zero-order valence-corrected chi connectivity index (χ0v) is 16.3. The molecular weight excluding hydrogens is 332 g/mol. The molecule has 0 atom stereocenters. The molecule has 6 nitrogen and oxygen atoms in total. The van der Waals surface area contributed by atoms with Gasteiger partial charge in [0.05, 0.1) is 5.71 Å². The maximum Gasteiger partial charge on any atom is 0.348 e. The Balaban J connectivity index is 2.27. The lowest BCUT2D eigenvalue weighted by molar-refractivity contribution is -0.121. The maximum atomic E-state index is 11.8. The van der Waals surface area contributed by atoms with Crippen LogP contribution in [0.25, 0.3) is 0 Å². The molecule has 0 spiro atoms. The largest absolute Gasteiger partial charge is 0.507 e. The van der Waals surface area contributed by atoms with Crippen molar-refractivity contribution in [3.8, 4) is 5.75 Å². The van der Waals surface area contributed by atoms with Gasteiger partial charge in [0.2, 0.25) is 5.91 Å². The molecule has 6 heteroatoms. The van der Waals surface area contributed by atoms with Gasteiger partial charge in [-0.15, -0.1) is 0 Å². The standard InChI is InChI=1S/C20H32N2O4/c1-4-5-6-7-8-9-10-11-12-13-18(24)22-21-16(3)19-17(23)14-15(2)26-20(19)25/h14,23H,4-13H2,1-3H3,(H,22,24). The highest BCUT2D eigenvalue weighted by atomic mass is 16.4. The number of hydrazone groups is 1. The van der Waals surface area contributed by atoms with Crippen LogP contribution >= 0.6 is 0 Å². The quantitative estimate of drug-likeness (QED) is 0.326. The lowest BCUT2D eigenvalue weighted by Gasteiger charge is -2.05. The normalized spacial score (nSPS) is 11.6.